The first-order chi connectivity index (χ1) is 11.8. The van der Waals surface area contributed by atoms with Crippen LogP contribution in [0.2, 0.25) is 0 Å². The maximum atomic E-state index is 2.29. The average Bonchev–Trinajstić information content (AvgIpc) is 3.40. The third-order valence-corrected chi connectivity index (χ3v) is 9.89. The van der Waals surface area contributed by atoms with Crippen molar-refractivity contribution in [3.05, 3.63) is 47.2 Å². The summed E-state index contributed by atoms with van der Waals surface area (Å²) in [4.78, 5) is 10.9. The minimum absolute atomic E-state index is 1.35. The van der Waals surface area contributed by atoms with Crippen LogP contribution in [0, 0.1) is 0 Å². The highest BCUT2D eigenvalue weighted by Crippen LogP contribution is 2.43. The van der Waals surface area contributed by atoms with Gasteiger partial charge in [0.2, 0.25) is 0 Å². The second-order valence-electron chi connectivity index (χ2n) is 5.03. The zero-order chi connectivity index (χ0) is 16.5. The van der Waals surface area contributed by atoms with E-state index < -0.39 is 0 Å². The molecule has 0 aliphatic rings. The molecular weight excluding hydrogens is 409 g/mol. The van der Waals surface area contributed by atoms with Gasteiger partial charge < -0.3 is 0 Å². The molecule has 0 bridgehead atoms. The minimum Gasteiger partial charge on any atom is -0.142 e. The van der Waals surface area contributed by atoms with Gasteiger partial charge in [0, 0.05) is 49.8 Å². The first kappa shape index (κ1) is 16.9. The lowest BCUT2D eigenvalue weighted by atomic mass is 10.3. The van der Waals surface area contributed by atoms with Crippen molar-refractivity contribution in [1.29, 1.82) is 0 Å². The molecule has 0 amide bonds. The summed E-state index contributed by atoms with van der Waals surface area (Å²) < 4.78 is 0. The van der Waals surface area contributed by atoms with Crippen molar-refractivity contribution >= 4 is 68.9 Å². The largest absolute Gasteiger partial charge is 0.142 e. The van der Waals surface area contributed by atoms with Crippen LogP contribution in [-0.4, -0.2) is 12.5 Å². The van der Waals surface area contributed by atoms with Gasteiger partial charge in [-0.3, -0.25) is 0 Å². The van der Waals surface area contributed by atoms with Gasteiger partial charge in [-0.2, -0.15) is 0 Å². The van der Waals surface area contributed by atoms with Crippen LogP contribution in [0.1, 0.15) is 0 Å². The van der Waals surface area contributed by atoms with Crippen LogP contribution in [0.5, 0.6) is 0 Å². The highest BCUT2D eigenvalue weighted by Gasteiger charge is 2.11. The number of thiophene rings is 4. The zero-order valence-corrected chi connectivity index (χ0v) is 18.0. The summed E-state index contributed by atoms with van der Waals surface area (Å²) >= 11 is 11.1. The molecular formula is C18H14S6. The SMILES string of the molecule is CSc1csc(-c2ccc(-c3ccc(-c4cc(SC)cs4)s3)s2)c1. The van der Waals surface area contributed by atoms with E-state index in [0.717, 1.165) is 0 Å². The minimum atomic E-state index is 1.35. The van der Waals surface area contributed by atoms with Crippen LogP contribution < -0.4 is 0 Å². The van der Waals surface area contributed by atoms with Crippen LogP contribution in [0.15, 0.2) is 56.9 Å². The molecule has 0 radical (unpaired) electrons. The summed E-state index contributed by atoms with van der Waals surface area (Å²) in [7, 11) is 0. The van der Waals surface area contributed by atoms with E-state index in [-0.39, 0.29) is 0 Å². The monoisotopic (exact) mass is 422 g/mol. The van der Waals surface area contributed by atoms with Crippen LogP contribution in [0.25, 0.3) is 29.3 Å². The Labute approximate surface area is 166 Å². The molecule has 0 spiro atoms. The maximum Gasteiger partial charge on any atom is 0.0454 e. The average molecular weight is 423 g/mol. The predicted molar refractivity (Wildman–Crippen MR) is 118 cm³/mol. The van der Waals surface area contributed by atoms with Crippen LogP contribution in [0.3, 0.4) is 0 Å². The van der Waals surface area contributed by atoms with E-state index in [9.17, 15) is 0 Å². The topological polar surface area (TPSA) is 0 Å². The van der Waals surface area contributed by atoms with E-state index in [1.54, 1.807) is 0 Å². The molecule has 6 heteroatoms. The molecule has 4 heterocycles. The molecule has 0 aliphatic carbocycles. The van der Waals surface area contributed by atoms with Gasteiger partial charge in [0.1, 0.15) is 0 Å². The van der Waals surface area contributed by atoms with Crippen LogP contribution >= 0.6 is 68.9 Å². The van der Waals surface area contributed by atoms with Crippen molar-refractivity contribution in [3.63, 3.8) is 0 Å². The summed E-state index contributed by atoms with van der Waals surface area (Å²) in [6, 6.07) is 13.6. The molecule has 4 aromatic rings. The van der Waals surface area contributed by atoms with Crippen molar-refractivity contribution < 1.29 is 0 Å². The second-order valence-corrected chi connectivity index (χ2v) is 10.8. The highest BCUT2D eigenvalue weighted by atomic mass is 32.2. The van der Waals surface area contributed by atoms with E-state index in [1.165, 1.54) is 39.1 Å². The van der Waals surface area contributed by atoms with E-state index in [0.29, 0.717) is 0 Å². The molecule has 0 saturated heterocycles. The van der Waals surface area contributed by atoms with Gasteiger partial charge in [0.25, 0.3) is 0 Å². The Morgan fingerprint density at radius 1 is 0.583 bits per heavy atom. The Morgan fingerprint density at radius 2 is 0.958 bits per heavy atom. The lowest BCUT2D eigenvalue weighted by Gasteiger charge is -1.92. The van der Waals surface area contributed by atoms with Gasteiger partial charge in [-0.15, -0.1) is 68.9 Å². The van der Waals surface area contributed by atoms with Gasteiger partial charge in [0.15, 0.2) is 0 Å². The summed E-state index contributed by atoms with van der Waals surface area (Å²) in [6.07, 6.45) is 4.26. The molecule has 122 valence electrons. The predicted octanol–water partition coefficient (Wildman–Crippen LogP) is 8.38. The molecule has 0 nitrogen and oxygen atoms in total. The van der Waals surface area contributed by atoms with E-state index in [1.807, 2.05) is 68.9 Å². The summed E-state index contributed by atoms with van der Waals surface area (Å²) in [5, 5.41) is 4.48. The number of thioether (sulfide) groups is 2. The first-order valence-electron chi connectivity index (χ1n) is 7.22. The number of rotatable bonds is 5. The van der Waals surface area contributed by atoms with Gasteiger partial charge in [-0.25, -0.2) is 0 Å². The molecule has 0 aliphatic heterocycles. The Kier molecular flexibility index (Phi) is 5.22. The molecule has 0 atom stereocenters. The molecule has 4 rings (SSSR count). The fraction of sp³-hybridized carbons (Fsp3) is 0.111. The lowest BCUT2D eigenvalue weighted by Crippen LogP contribution is -1.60. The quantitative estimate of drug-likeness (QED) is 0.296. The Balaban J connectivity index is 1.60. The molecule has 0 unspecified atom stereocenters. The van der Waals surface area contributed by atoms with Gasteiger partial charge in [-0.1, -0.05) is 0 Å². The van der Waals surface area contributed by atoms with Gasteiger partial charge in [-0.05, 0) is 48.9 Å². The van der Waals surface area contributed by atoms with E-state index >= 15 is 0 Å². The summed E-state index contributed by atoms with van der Waals surface area (Å²) in [5.74, 6) is 0. The molecule has 24 heavy (non-hydrogen) atoms. The fourth-order valence-electron chi connectivity index (χ4n) is 2.32. The molecule has 4 aromatic heterocycles. The van der Waals surface area contributed by atoms with Crippen molar-refractivity contribution in [2.75, 3.05) is 12.5 Å². The standard InChI is InChI=1S/C18H14S6/c1-19-11-7-17(21-9-11)15-5-3-13(23-15)14-4-6-16(24-14)18-8-12(20-2)10-22-18/h3-10H,1-2H3. The number of hydrogen-bond acceptors (Lipinski definition) is 6. The Morgan fingerprint density at radius 3 is 1.29 bits per heavy atom. The van der Waals surface area contributed by atoms with Crippen LogP contribution in [-0.2, 0) is 0 Å². The van der Waals surface area contributed by atoms with Crippen LogP contribution in [0.4, 0.5) is 0 Å². The zero-order valence-electron chi connectivity index (χ0n) is 13.1. The third-order valence-electron chi connectivity index (χ3n) is 3.56. The van der Waals surface area contributed by atoms with Crippen molar-refractivity contribution in [2.24, 2.45) is 0 Å². The molecule has 0 fully saturated rings. The fourth-order valence-corrected chi connectivity index (χ4v) is 7.84. The Bertz CT molecular complexity index is 873. The van der Waals surface area contributed by atoms with E-state index in [4.69, 9.17) is 0 Å². The van der Waals surface area contributed by atoms with E-state index in [2.05, 4.69) is 59.7 Å². The second kappa shape index (κ2) is 7.40. The normalized spacial score (nSPS) is 11.2. The van der Waals surface area contributed by atoms with Crippen molar-refractivity contribution in [3.8, 4) is 29.3 Å². The third kappa shape index (κ3) is 3.41. The maximum absolute atomic E-state index is 2.29. The van der Waals surface area contributed by atoms with Gasteiger partial charge in [0.05, 0.1) is 0 Å². The Hall–Kier alpha value is -0.500. The first-order valence-corrected chi connectivity index (χ1v) is 13.1. The molecule has 0 aromatic carbocycles. The molecule has 0 N–H and O–H groups in total. The van der Waals surface area contributed by atoms with Crippen molar-refractivity contribution in [1.82, 2.24) is 0 Å². The van der Waals surface area contributed by atoms with Gasteiger partial charge >= 0.3 is 0 Å². The highest BCUT2D eigenvalue weighted by molar-refractivity contribution is 7.99. The number of hydrogen-bond donors (Lipinski definition) is 0. The lowest BCUT2D eigenvalue weighted by molar-refractivity contribution is 1.60. The molecule has 0 saturated carbocycles. The summed E-state index contributed by atoms with van der Waals surface area (Å²) in [6.45, 7) is 0. The smallest absolute Gasteiger partial charge is 0.0454 e. The van der Waals surface area contributed by atoms with Crippen molar-refractivity contribution in [2.45, 2.75) is 9.79 Å². The summed E-state index contributed by atoms with van der Waals surface area (Å²) in [5.41, 5.74) is 0.